The Morgan fingerprint density at radius 3 is 2.79 bits per heavy atom. The summed E-state index contributed by atoms with van der Waals surface area (Å²) >= 11 is 0. The van der Waals surface area contributed by atoms with E-state index in [2.05, 4.69) is 10.6 Å². The number of amides is 1. The highest BCUT2D eigenvalue weighted by molar-refractivity contribution is 5.76. The lowest BCUT2D eigenvalue weighted by molar-refractivity contribution is -0.121. The Morgan fingerprint density at radius 2 is 2.16 bits per heavy atom. The number of nitrogens with one attached hydrogen (secondary N) is 2. The van der Waals surface area contributed by atoms with E-state index in [0.29, 0.717) is 25.1 Å². The summed E-state index contributed by atoms with van der Waals surface area (Å²) in [4.78, 5) is 11.3. The molecule has 19 heavy (non-hydrogen) atoms. The maximum atomic E-state index is 13.0. The highest BCUT2D eigenvalue weighted by Gasteiger charge is 2.08. The average molecular weight is 268 g/mol. The number of aliphatic hydroxyl groups excluding tert-OH is 1. The Hall–Kier alpha value is -1.46. The first-order chi connectivity index (χ1) is 8.99. The largest absolute Gasteiger partial charge is 0.387 e. The predicted molar refractivity (Wildman–Crippen MR) is 72.1 cm³/mol. The van der Waals surface area contributed by atoms with Crippen molar-refractivity contribution in [3.63, 3.8) is 0 Å². The molecule has 106 valence electrons. The van der Waals surface area contributed by atoms with Crippen molar-refractivity contribution in [2.45, 2.75) is 32.4 Å². The van der Waals surface area contributed by atoms with E-state index in [4.69, 9.17) is 0 Å². The highest BCUT2D eigenvalue weighted by atomic mass is 19.1. The molecule has 0 radical (unpaired) electrons. The number of aliphatic hydroxyl groups is 1. The molecule has 1 aromatic carbocycles. The molecule has 1 rings (SSSR count). The normalized spacial score (nSPS) is 12.5. The number of hydrogen-bond donors (Lipinski definition) is 3. The molecule has 1 atom stereocenters. The van der Waals surface area contributed by atoms with Crippen molar-refractivity contribution in [2.24, 2.45) is 0 Å². The lowest BCUT2D eigenvalue weighted by Crippen LogP contribution is -2.33. The maximum absolute atomic E-state index is 13.0. The van der Waals surface area contributed by atoms with Gasteiger partial charge in [-0.25, -0.2) is 4.39 Å². The fourth-order valence-electron chi connectivity index (χ4n) is 1.67. The van der Waals surface area contributed by atoms with Crippen LogP contribution in [0.3, 0.4) is 0 Å². The van der Waals surface area contributed by atoms with Crippen molar-refractivity contribution in [1.82, 2.24) is 10.6 Å². The van der Waals surface area contributed by atoms with Gasteiger partial charge in [0, 0.05) is 25.6 Å². The molecule has 0 heterocycles. The van der Waals surface area contributed by atoms with E-state index < -0.39 is 6.10 Å². The second-order valence-corrected chi connectivity index (χ2v) is 4.75. The van der Waals surface area contributed by atoms with Crippen LogP contribution in [0.1, 0.15) is 31.9 Å². The van der Waals surface area contributed by atoms with E-state index >= 15 is 0 Å². The molecule has 0 saturated carbocycles. The highest BCUT2D eigenvalue weighted by Crippen LogP contribution is 2.12. The number of hydrogen-bond acceptors (Lipinski definition) is 3. The minimum Gasteiger partial charge on any atom is -0.387 e. The smallest absolute Gasteiger partial charge is 0.221 e. The summed E-state index contributed by atoms with van der Waals surface area (Å²) in [5.74, 6) is -0.393. The number of halogens is 1. The summed E-state index contributed by atoms with van der Waals surface area (Å²) in [6, 6.07) is 5.99. The second kappa shape index (κ2) is 7.86. The van der Waals surface area contributed by atoms with E-state index in [1.807, 2.05) is 13.8 Å². The van der Waals surface area contributed by atoms with Crippen molar-refractivity contribution in [3.8, 4) is 0 Å². The molecule has 0 aliphatic carbocycles. The number of carbonyl (C=O) groups excluding carboxylic acids is 1. The number of benzene rings is 1. The maximum Gasteiger partial charge on any atom is 0.221 e. The van der Waals surface area contributed by atoms with Gasteiger partial charge in [-0.3, -0.25) is 4.79 Å². The van der Waals surface area contributed by atoms with E-state index in [-0.39, 0.29) is 17.8 Å². The molecule has 0 saturated heterocycles. The third kappa shape index (κ3) is 6.31. The van der Waals surface area contributed by atoms with Crippen LogP contribution in [0.15, 0.2) is 24.3 Å². The molecular formula is C14H21FN2O2. The summed E-state index contributed by atoms with van der Waals surface area (Å²) < 4.78 is 13.0. The summed E-state index contributed by atoms with van der Waals surface area (Å²) in [7, 11) is 0. The van der Waals surface area contributed by atoms with Crippen LogP contribution in [-0.4, -0.2) is 30.1 Å². The molecule has 1 amide bonds. The zero-order valence-electron chi connectivity index (χ0n) is 11.3. The second-order valence-electron chi connectivity index (χ2n) is 4.75. The van der Waals surface area contributed by atoms with Crippen LogP contribution in [0, 0.1) is 5.82 Å². The summed E-state index contributed by atoms with van der Waals surface area (Å²) in [6.07, 6.45) is -0.419. The lowest BCUT2D eigenvalue weighted by atomic mass is 10.1. The van der Waals surface area contributed by atoms with Crippen LogP contribution in [0.4, 0.5) is 4.39 Å². The van der Waals surface area contributed by atoms with Gasteiger partial charge < -0.3 is 15.7 Å². The Kier molecular flexibility index (Phi) is 6.45. The number of carbonyl (C=O) groups is 1. The molecule has 0 fully saturated rings. The van der Waals surface area contributed by atoms with Crippen LogP contribution >= 0.6 is 0 Å². The first kappa shape index (κ1) is 15.6. The van der Waals surface area contributed by atoms with Gasteiger partial charge in [0.2, 0.25) is 5.91 Å². The van der Waals surface area contributed by atoms with Gasteiger partial charge in [0.05, 0.1) is 6.10 Å². The minimum atomic E-state index is -0.774. The van der Waals surface area contributed by atoms with Crippen molar-refractivity contribution in [2.75, 3.05) is 13.1 Å². The predicted octanol–water partition coefficient (Wildman–Crippen LogP) is 1.36. The zero-order valence-corrected chi connectivity index (χ0v) is 11.3. The fraction of sp³-hybridized carbons (Fsp3) is 0.500. The molecule has 4 nitrogen and oxygen atoms in total. The van der Waals surface area contributed by atoms with Gasteiger partial charge >= 0.3 is 0 Å². The molecule has 0 aromatic heterocycles. The van der Waals surface area contributed by atoms with Crippen molar-refractivity contribution in [1.29, 1.82) is 0 Å². The molecule has 3 N–H and O–H groups in total. The Morgan fingerprint density at radius 1 is 1.42 bits per heavy atom. The minimum absolute atomic E-state index is 0.0252. The molecule has 1 unspecified atom stereocenters. The van der Waals surface area contributed by atoms with Gasteiger partial charge in [0.15, 0.2) is 0 Å². The van der Waals surface area contributed by atoms with Crippen molar-refractivity contribution in [3.05, 3.63) is 35.6 Å². The SMILES string of the molecule is CC(C)NC(=O)CCNCC(O)c1cccc(F)c1. The topological polar surface area (TPSA) is 61.4 Å². The van der Waals surface area contributed by atoms with Crippen molar-refractivity contribution < 1.29 is 14.3 Å². The van der Waals surface area contributed by atoms with Crippen LogP contribution < -0.4 is 10.6 Å². The molecule has 0 bridgehead atoms. The molecule has 1 aromatic rings. The van der Waals surface area contributed by atoms with Crippen LogP contribution in [-0.2, 0) is 4.79 Å². The van der Waals surface area contributed by atoms with E-state index in [1.165, 1.54) is 12.1 Å². The van der Waals surface area contributed by atoms with Gasteiger partial charge in [-0.15, -0.1) is 0 Å². The monoisotopic (exact) mass is 268 g/mol. The van der Waals surface area contributed by atoms with Gasteiger partial charge in [0.1, 0.15) is 5.82 Å². The lowest BCUT2D eigenvalue weighted by Gasteiger charge is -2.13. The molecule has 0 spiro atoms. The van der Waals surface area contributed by atoms with Crippen LogP contribution in [0.5, 0.6) is 0 Å². The van der Waals surface area contributed by atoms with E-state index in [0.717, 1.165) is 0 Å². The molecule has 0 aliphatic heterocycles. The van der Waals surface area contributed by atoms with Gasteiger partial charge in [0.25, 0.3) is 0 Å². The zero-order chi connectivity index (χ0) is 14.3. The summed E-state index contributed by atoms with van der Waals surface area (Å²) in [5.41, 5.74) is 0.527. The van der Waals surface area contributed by atoms with Crippen LogP contribution in [0.2, 0.25) is 0 Å². The van der Waals surface area contributed by atoms with Gasteiger partial charge in [-0.05, 0) is 31.5 Å². The number of rotatable bonds is 7. The van der Waals surface area contributed by atoms with Crippen LogP contribution in [0.25, 0.3) is 0 Å². The van der Waals surface area contributed by atoms with Gasteiger partial charge in [-0.1, -0.05) is 12.1 Å². The Balaban J connectivity index is 2.24. The Bertz CT molecular complexity index is 410. The van der Waals surface area contributed by atoms with E-state index in [1.54, 1.807) is 12.1 Å². The third-order valence-electron chi connectivity index (χ3n) is 2.55. The van der Waals surface area contributed by atoms with Gasteiger partial charge in [-0.2, -0.15) is 0 Å². The Labute approximate surface area is 113 Å². The first-order valence-corrected chi connectivity index (χ1v) is 6.42. The summed E-state index contributed by atoms with van der Waals surface area (Å²) in [6.45, 7) is 4.57. The fourth-order valence-corrected chi connectivity index (χ4v) is 1.67. The molecular weight excluding hydrogens is 247 g/mol. The third-order valence-corrected chi connectivity index (χ3v) is 2.55. The average Bonchev–Trinajstić information content (AvgIpc) is 2.33. The standard InChI is InChI=1S/C14H21FN2O2/c1-10(2)17-14(19)6-7-16-9-13(18)11-4-3-5-12(15)8-11/h3-5,8,10,13,16,18H,6-7,9H2,1-2H3,(H,17,19). The summed E-state index contributed by atoms with van der Waals surface area (Å²) in [5, 5.41) is 15.6. The molecule has 5 heteroatoms. The van der Waals surface area contributed by atoms with Crippen molar-refractivity contribution >= 4 is 5.91 Å². The quantitative estimate of drug-likeness (QED) is 0.654. The van der Waals surface area contributed by atoms with E-state index in [9.17, 15) is 14.3 Å². The molecule has 0 aliphatic rings. The first-order valence-electron chi connectivity index (χ1n) is 6.42.